The fourth-order valence-corrected chi connectivity index (χ4v) is 3.60. The predicted molar refractivity (Wildman–Crippen MR) is 107 cm³/mol. The lowest BCUT2D eigenvalue weighted by molar-refractivity contribution is -0.129. The first-order valence-corrected chi connectivity index (χ1v) is 9.54. The molecule has 1 amide bonds. The number of fused-ring (bicyclic) bond motifs is 1. The minimum absolute atomic E-state index is 0.0821. The summed E-state index contributed by atoms with van der Waals surface area (Å²) in [7, 11) is 0. The predicted octanol–water partition coefficient (Wildman–Crippen LogP) is 4.75. The number of hydrogen-bond donors (Lipinski definition) is 0. The maximum atomic E-state index is 14.2. The molecule has 0 fully saturated rings. The molecular weight excluding hydrogens is 393 g/mol. The van der Waals surface area contributed by atoms with Gasteiger partial charge in [-0.1, -0.05) is 12.6 Å². The normalized spacial score (nSPS) is 15.8. The molecule has 1 aliphatic rings. The van der Waals surface area contributed by atoms with E-state index in [0.29, 0.717) is 42.3 Å². The van der Waals surface area contributed by atoms with E-state index in [4.69, 9.17) is 0 Å². The molecule has 154 valence electrons. The minimum Gasteiger partial charge on any atom is -0.268 e. The molecule has 0 bridgehead atoms. The Kier molecular flexibility index (Phi) is 5.39. The quantitative estimate of drug-likeness (QED) is 0.549. The van der Waals surface area contributed by atoms with Crippen molar-refractivity contribution >= 4 is 23.0 Å². The smallest absolute Gasteiger partial charge is 0.268 e. The van der Waals surface area contributed by atoms with Crippen molar-refractivity contribution in [2.45, 2.75) is 31.8 Å². The Labute approximate surface area is 171 Å². The van der Waals surface area contributed by atoms with Crippen LogP contribution in [0.4, 0.5) is 13.2 Å². The molecule has 0 radical (unpaired) electrons. The van der Waals surface area contributed by atoms with Gasteiger partial charge in [0.1, 0.15) is 17.5 Å². The molecular formula is C22H19F3N4O. The summed E-state index contributed by atoms with van der Waals surface area (Å²) in [6, 6.07) is 7.23. The van der Waals surface area contributed by atoms with Gasteiger partial charge >= 0.3 is 0 Å². The van der Waals surface area contributed by atoms with Gasteiger partial charge < -0.3 is 0 Å². The van der Waals surface area contributed by atoms with Crippen LogP contribution in [-0.2, 0) is 11.3 Å². The highest BCUT2D eigenvalue weighted by atomic mass is 19.1. The van der Waals surface area contributed by atoms with E-state index in [0.717, 1.165) is 23.2 Å². The topological polar surface area (TPSA) is 50.5 Å². The van der Waals surface area contributed by atoms with Crippen LogP contribution in [0.5, 0.6) is 0 Å². The lowest BCUT2D eigenvalue weighted by Crippen LogP contribution is -2.29. The van der Waals surface area contributed by atoms with Gasteiger partial charge in [0.05, 0.1) is 23.1 Å². The summed E-state index contributed by atoms with van der Waals surface area (Å²) in [4.78, 5) is 12.8. The molecule has 8 heteroatoms. The highest BCUT2D eigenvalue weighted by Crippen LogP contribution is 2.32. The number of rotatable bonds is 6. The molecule has 1 atom stereocenters. The van der Waals surface area contributed by atoms with Crippen LogP contribution in [0.2, 0.25) is 0 Å². The first-order valence-electron chi connectivity index (χ1n) is 9.54. The van der Waals surface area contributed by atoms with Gasteiger partial charge in [-0.05, 0) is 43.2 Å². The van der Waals surface area contributed by atoms with Crippen molar-refractivity contribution in [3.05, 3.63) is 77.8 Å². The molecule has 1 aliphatic heterocycles. The van der Waals surface area contributed by atoms with E-state index in [-0.39, 0.29) is 11.4 Å². The molecule has 2 heterocycles. The third-order valence-electron chi connectivity index (χ3n) is 5.14. The molecule has 0 saturated carbocycles. The number of aryl methyl sites for hydroxylation is 1. The fourth-order valence-electron chi connectivity index (χ4n) is 3.60. The Balaban J connectivity index is 1.40. The molecule has 5 nitrogen and oxygen atoms in total. The van der Waals surface area contributed by atoms with Crippen LogP contribution in [0.25, 0.3) is 10.9 Å². The molecule has 2 aromatic carbocycles. The van der Waals surface area contributed by atoms with Crippen molar-refractivity contribution in [3.8, 4) is 0 Å². The molecule has 0 aliphatic carbocycles. The van der Waals surface area contributed by atoms with Gasteiger partial charge in [-0.3, -0.25) is 9.48 Å². The zero-order valence-corrected chi connectivity index (χ0v) is 16.1. The highest BCUT2D eigenvalue weighted by molar-refractivity contribution is 5.94. The van der Waals surface area contributed by atoms with E-state index in [1.165, 1.54) is 18.5 Å². The zero-order chi connectivity index (χ0) is 21.3. The second kappa shape index (κ2) is 8.14. The largest absolute Gasteiger partial charge is 0.269 e. The Morgan fingerprint density at radius 3 is 2.83 bits per heavy atom. The number of halogens is 3. The lowest BCUT2D eigenvalue weighted by atomic mass is 10.0. The summed E-state index contributed by atoms with van der Waals surface area (Å²) in [5.74, 6) is -1.94. The Morgan fingerprint density at radius 2 is 2.00 bits per heavy atom. The Hall–Kier alpha value is -3.42. The van der Waals surface area contributed by atoms with Gasteiger partial charge in [0.15, 0.2) is 0 Å². The number of hydrazone groups is 1. The summed E-state index contributed by atoms with van der Waals surface area (Å²) >= 11 is 0. The minimum atomic E-state index is -0.706. The first kappa shape index (κ1) is 19.9. The standard InChI is InChI=1S/C22H19F3N4O/c1-14(4-3-11-28-20-6-2-5-18(24)17(20)13-27-28)22(30)29-21(9-10-26-29)16-12-15(23)7-8-19(16)25/h2,5-8,10,12-13,21H,1,3-4,9,11H2. The van der Waals surface area contributed by atoms with E-state index in [2.05, 4.69) is 16.8 Å². The monoisotopic (exact) mass is 412 g/mol. The van der Waals surface area contributed by atoms with E-state index >= 15 is 0 Å². The van der Waals surface area contributed by atoms with Crippen molar-refractivity contribution in [2.24, 2.45) is 5.10 Å². The Morgan fingerprint density at radius 1 is 1.17 bits per heavy atom. The average molecular weight is 412 g/mol. The first-order chi connectivity index (χ1) is 14.5. The van der Waals surface area contributed by atoms with E-state index in [1.54, 1.807) is 16.8 Å². The van der Waals surface area contributed by atoms with Crippen LogP contribution < -0.4 is 0 Å². The van der Waals surface area contributed by atoms with Crippen molar-refractivity contribution in [2.75, 3.05) is 0 Å². The number of benzene rings is 2. The number of aromatic nitrogens is 2. The molecule has 30 heavy (non-hydrogen) atoms. The molecule has 4 rings (SSSR count). The third kappa shape index (κ3) is 3.72. The van der Waals surface area contributed by atoms with Crippen molar-refractivity contribution in [3.63, 3.8) is 0 Å². The van der Waals surface area contributed by atoms with E-state index in [1.807, 2.05) is 0 Å². The van der Waals surface area contributed by atoms with Crippen LogP contribution >= 0.6 is 0 Å². The van der Waals surface area contributed by atoms with Crippen molar-refractivity contribution in [1.82, 2.24) is 14.8 Å². The number of hydrogen-bond acceptors (Lipinski definition) is 3. The van der Waals surface area contributed by atoms with Crippen LogP contribution in [0, 0.1) is 17.5 Å². The molecule has 0 N–H and O–H groups in total. The van der Waals surface area contributed by atoms with Gasteiger partial charge in [0.2, 0.25) is 0 Å². The maximum absolute atomic E-state index is 14.2. The van der Waals surface area contributed by atoms with Crippen LogP contribution in [0.1, 0.15) is 30.9 Å². The number of amides is 1. The molecule has 1 aromatic heterocycles. The van der Waals surface area contributed by atoms with Gasteiger partial charge in [0, 0.05) is 30.3 Å². The Bertz CT molecular complexity index is 1150. The van der Waals surface area contributed by atoms with Gasteiger partial charge in [-0.15, -0.1) is 0 Å². The average Bonchev–Trinajstić information content (AvgIpc) is 3.37. The van der Waals surface area contributed by atoms with E-state index < -0.39 is 23.6 Å². The lowest BCUT2D eigenvalue weighted by Gasteiger charge is -2.23. The van der Waals surface area contributed by atoms with Crippen molar-refractivity contribution in [1.29, 1.82) is 0 Å². The SMILES string of the molecule is C=C(CCCn1ncc2c(F)cccc21)C(=O)N1N=CCC1c1cc(F)ccc1F. The van der Waals surface area contributed by atoms with E-state index in [9.17, 15) is 18.0 Å². The number of carbonyl (C=O) groups excluding carboxylic acids is 1. The van der Waals surface area contributed by atoms with Crippen LogP contribution in [0.15, 0.2) is 59.8 Å². The zero-order valence-electron chi connectivity index (χ0n) is 16.1. The summed E-state index contributed by atoms with van der Waals surface area (Å²) in [5.41, 5.74) is 1.06. The number of nitrogens with zero attached hydrogens (tertiary/aromatic N) is 4. The molecule has 1 unspecified atom stereocenters. The molecule has 3 aromatic rings. The van der Waals surface area contributed by atoms with Gasteiger partial charge in [0.25, 0.3) is 5.91 Å². The number of carbonyl (C=O) groups is 1. The summed E-state index contributed by atoms with van der Waals surface area (Å²) in [6.07, 6.45) is 4.19. The third-order valence-corrected chi connectivity index (χ3v) is 5.14. The molecule has 0 spiro atoms. The summed E-state index contributed by atoms with van der Waals surface area (Å²) in [5, 5.41) is 9.83. The highest BCUT2D eigenvalue weighted by Gasteiger charge is 2.31. The summed E-state index contributed by atoms with van der Waals surface area (Å²) < 4.78 is 43.2. The molecule has 0 saturated heterocycles. The fraction of sp³-hybridized carbons (Fsp3) is 0.227. The maximum Gasteiger partial charge on any atom is 0.269 e. The second-order valence-corrected chi connectivity index (χ2v) is 7.11. The summed E-state index contributed by atoms with van der Waals surface area (Å²) in [6.45, 7) is 4.32. The second-order valence-electron chi connectivity index (χ2n) is 7.11. The van der Waals surface area contributed by atoms with Gasteiger partial charge in [-0.2, -0.15) is 10.2 Å². The van der Waals surface area contributed by atoms with Crippen LogP contribution in [-0.4, -0.2) is 26.9 Å². The van der Waals surface area contributed by atoms with Gasteiger partial charge in [-0.25, -0.2) is 18.2 Å². The van der Waals surface area contributed by atoms with Crippen LogP contribution in [0.3, 0.4) is 0 Å². The van der Waals surface area contributed by atoms with Crippen molar-refractivity contribution < 1.29 is 18.0 Å².